The highest BCUT2D eigenvalue weighted by molar-refractivity contribution is 5.89. The maximum Gasteiger partial charge on any atom is 0.338 e. The highest BCUT2D eigenvalue weighted by Gasteiger charge is 2.10. The van der Waals surface area contributed by atoms with Crippen LogP contribution in [0.15, 0.2) is 115 Å². The van der Waals surface area contributed by atoms with Crippen molar-refractivity contribution in [3.8, 4) is 33.8 Å². The number of esters is 2. The van der Waals surface area contributed by atoms with Crippen LogP contribution in [0.2, 0.25) is 0 Å². The quantitative estimate of drug-likeness (QED) is 0.140. The van der Waals surface area contributed by atoms with Crippen LogP contribution in [0, 0.1) is 5.82 Å². The summed E-state index contributed by atoms with van der Waals surface area (Å²) in [7, 11) is 0. The molecule has 0 unspecified atom stereocenters. The lowest BCUT2D eigenvalue weighted by Crippen LogP contribution is -2.07. The fourth-order valence-corrected chi connectivity index (χ4v) is 3.76. The van der Waals surface area contributed by atoms with E-state index in [1.165, 1.54) is 0 Å². The van der Waals surface area contributed by atoms with E-state index in [1.807, 2.05) is 42.5 Å². The third kappa shape index (κ3) is 6.51. The Morgan fingerprint density at radius 1 is 0.632 bits per heavy atom. The molecule has 4 aromatic carbocycles. The van der Waals surface area contributed by atoms with Crippen LogP contribution in [0.1, 0.15) is 25.0 Å². The van der Waals surface area contributed by atoms with Crippen molar-refractivity contribution in [3.05, 3.63) is 132 Å². The van der Waals surface area contributed by atoms with Gasteiger partial charge in [0.15, 0.2) is 0 Å². The van der Waals surface area contributed by atoms with Crippen LogP contribution in [0.5, 0.6) is 11.5 Å². The molecule has 4 nitrogen and oxygen atoms in total. The maximum absolute atomic E-state index is 15.0. The Hall–Kier alpha value is -4.77. The molecule has 5 heteroatoms. The molecule has 38 heavy (non-hydrogen) atoms. The number of halogens is 1. The molecule has 0 spiro atoms. The molecule has 0 aromatic heterocycles. The lowest BCUT2D eigenvalue weighted by molar-refractivity contribution is -0.130. The average Bonchev–Trinajstić information content (AvgIpc) is 2.90. The first-order chi connectivity index (χ1) is 18.2. The van der Waals surface area contributed by atoms with Crippen LogP contribution >= 0.6 is 0 Å². The molecule has 0 heterocycles. The van der Waals surface area contributed by atoms with Gasteiger partial charge < -0.3 is 9.47 Å². The van der Waals surface area contributed by atoms with E-state index in [2.05, 4.69) is 13.2 Å². The van der Waals surface area contributed by atoms with E-state index in [-0.39, 0.29) is 5.82 Å². The number of carbonyl (C=O) groups excluding carboxylic acids is 2. The monoisotopic (exact) mass is 506 g/mol. The van der Waals surface area contributed by atoms with Gasteiger partial charge in [-0.05, 0) is 78.4 Å². The first-order valence-electron chi connectivity index (χ1n) is 12.0. The van der Waals surface area contributed by atoms with Crippen molar-refractivity contribution >= 4 is 11.9 Å². The second-order valence-electron chi connectivity index (χ2n) is 9.08. The lowest BCUT2D eigenvalue weighted by atomic mass is 9.98. The summed E-state index contributed by atoms with van der Waals surface area (Å²) in [5, 5.41) is 0. The highest BCUT2D eigenvalue weighted by atomic mass is 19.1. The molecule has 0 saturated heterocycles. The Labute approximate surface area is 221 Å². The summed E-state index contributed by atoms with van der Waals surface area (Å²) in [5.74, 6) is -0.430. The zero-order valence-corrected chi connectivity index (χ0v) is 21.3. The topological polar surface area (TPSA) is 52.6 Å². The molecule has 0 aliphatic carbocycles. The van der Waals surface area contributed by atoms with Crippen LogP contribution in [0.4, 0.5) is 4.39 Å². The summed E-state index contributed by atoms with van der Waals surface area (Å²) in [5.41, 5.74) is 5.73. The van der Waals surface area contributed by atoms with Gasteiger partial charge in [-0.15, -0.1) is 0 Å². The van der Waals surface area contributed by atoms with Gasteiger partial charge in [-0.25, -0.2) is 14.0 Å². The van der Waals surface area contributed by atoms with Crippen molar-refractivity contribution in [1.82, 2.24) is 0 Å². The molecule has 0 saturated carbocycles. The first-order valence-corrected chi connectivity index (χ1v) is 12.0. The normalized spacial score (nSPS) is 10.5. The van der Waals surface area contributed by atoms with Crippen LogP contribution in [-0.2, 0) is 16.0 Å². The summed E-state index contributed by atoms with van der Waals surface area (Å²) in [6, 6.07) is 27.2. The molecule has 0 fully saturated rings. The lowest BCUT2D eigenvalue weighted by Gasteiger charge is -2.09. The summed E-state index contributed by atoms with van der Waals surface area (Å²) in [6.45, 7) is 10.3. The number of ether oxygens (including phenoxy) is 2. The van der Waals surface area contributed by atoms with Crippen molar-refractivity contribution in [3.63, 3.8) is 0 Å². The standard InChI is InChI=1S/C33H27FO4/c1-21(2)32(35)37-28-14-10-26(11-15-28)25-8-5-23(6-9-25)19-24-7-18-30(31(34)20-24)27-12-16-29(17-13-27)38-33(36)22(3)4/h5-18,20H,1,3,19H2,2,4H3. The van der Waals surface area contributed by atoms with Gasteiger partial charge in [-0.1, -0.05) is 73.8 Å². The Kier molecular flexibility index (Phi) is 7.97. The Bertz CT molecular complexity index is 1500. The number of hydrogen-bond donors (Lipinski definition) is 0. The Morgan fingerprint density at radius 3 is 1.50 bits per heavy atom. The molecule has 0 radical (unpaired) electrons. The molecule has 190 valence electrons. The Balaban J connectivity index is 1.41. The second-order valence-corrected chi connectivity index (χ2v) is 9.08. The van der Waals surface area contributed by atoms with Gasteiger partial charge in [0.2, 0.25) is 0 Å². The van der Waals surface area contributed by atoms with E-state index in [4.69, 9.17) is 9.47 Å². The number of benzene rings is 4. The first kappa shape index (κ1) is 26.3. The highest BCUT2D eigenvalue weighted by Crippen LogP contribution is 2.28. The molecule has 0 aliphatic heterocycles. The van der Waals surface area contributed by atoms with Crippen molar-refractivity contribution in [2.45, 2.75) is 20.3 Å². The largest absolute Gasteiger partial charge is 0.423 e. The predicted octanol–water partition coefficient (Wildman–Crippen LogP) is 7.71. The van der Waals surface area contributed by atoms with Crippen molar-refractivity contribution < 1.29 is 23.5 Å². The molecule has 0 N–H and O–H groups in total. The Morgan fingerprint density at radius 2 is 1.05 bits per heavy atom. The summed E-state index contributed by atoms with van der Waals surface area (Å²) < 4.78 is 25.4. The van der Waals surface area contributed by atoms with Gasteiger partial charge in [0.25, 0.3) is 0 Å². The third-order valence-corrected chi connectivity index (χ3v) is 5.87. The second kappa shape index (κ2) is 11.5. The van der Waals surface area contributed by atoms with Crippen LogP contribution in [-0.4, -0.2) is 11.9 Å². The van der Waals surface area contributed by atoms with Crippen LogP contribution in [0.3, 0.4) is 0 Å². The van der Waals surface area contributed by atoms with Crippen LogP contribution in [0.25, 0.3) is 22.3 Å². The average molecular weight is 507 g/mol. The van der Waals surface area contributed by atoms with Gasteiger partial charge in [0, 0.05) is 16.7 Å². The number of carbonyl (C=O) groups is 2. The van der Waals surface area contributed by atoms with Crippen molar-refractivity contribution in [1.29, 1.82) is 0 Å². The summed E-state index contributed by atoms with van der Waals surface area (Å²) >= 11 is 0. The van der Waals surface area contributed by atoms with E-state index in [0.717, 1.165) is 22.3 Å². The SMILES string of the molecule is C=C(C)C(=O)Oc1ccc(-c2ccc(Cc3ccc(-c4ccc(OC(=O)C(=C)C)cc4)c(F)c3)cc2)cc1. The summed E-state index contributed by atoms with van der Waals surface area (Å²) in [4.78, 5) is 23.3. The molecule has 4 aromatic rings. The van der Waals surface area contributed by atoms with E-state index in [9.17, 15) is 14.0 Å². The molecular formula is C33H27FO4. The minimum absolute atomic E-state index is 0.308. The van der Waals surface area contributed by atoms with Gasteiger partial charge in [0.1, 0.15) is 17.3 Å². The van der Waals surface area contributed by atoms with Gasteiger partial charge in [-0.2, -0.15) is 0 Å². The van der Waals surface area contributed by atoms with E-state index in [1.54, 1.807) is 62.4 Å². The smallest absolute Gasteiger partial charge is 0.338 e. The summed E-state index contributed by atoms with van der Waals surface area (Å²) in [6.07, 6.45) is 0.586. The zero-order chi connectivity index (χ0) is 27.2. The molecule has 0 atom stereocenters. The number of hydrogen-bond acceptors (Lipinski definition) is 4. The fourth-order valence-electron chi connectivity index (χ4n) is 3.76. The van der Waals surface area contributed by atoms with Gasteiger partial charge >= 0.3 is 11.9 Å². The fraction of sp³-hybridized carbons (Fsp3) is 0.0909. The molecule has 0 amide bonds. The zero-order valence-electron chi connectivity index (χ0n) is 21.3. The molecular weight excluding hydrogens is 479 g/mol. The van der Waals surface area contributed by atoms with Crippen LogP contribution < -0.4 is 9.47 Å². The molecule has 0 aliphatic rings. The van der Waals surface area contributed by atoms with E-state index < -0.39 is 11.9 Å². The van der Waals surface area contributed by atoms with Gasteiger partial charge in [0.05, 0.1) is 0 Å². The number of rotatable bonds is 8. The predicted molar refractivity (Wildman–Crippen MR) is 147 cm³/mol. The minimum atomic E-state index is -0.499. The molecule has 0 bridgehead atoms. The third-order valence-electron chi connectivity index (χ3n) is 5.87. The van der Waals surface area contributed by atoms with E-state index >= 15 is 0 Å². The van der Waals surface area contributed by atoms with Crippen molar-refractivity contribution in [2.75, 3.05) is 0 Å². The van der Waals surface area contributed by atoms with Crippen molar-refractivity contribution in [2.24, 2.45) is 0 Å². The minimum Gasteiger partial charge on any atom is -0.423 e. The maximum atomic E-state index is 15.0. The van der Waals surface area contributed by atoms with Gasteiger partial charge in [-0.3, -0.25) is 0 Å². The van der Waals surface area contributed by atoms with E-state index in [0.29, 0.717) is 40.2 Å². The molecule has 4 rings (SSSR count).